The molecule has 0 spiro atoms. The molecule has 0 atom stereocenters. The lowest BCUT2D eigenvalue weighted by Crippen LogP contribution is -2.11. The van der Waals surface area contributed by atoms with Crippen molar-refractivity contribution in [1.29, 1.82) is 5.26 Å². The normalized spacial score (nSPS) is 9.72. The fraction of sp³-hybridized carbons (Fsp3) is 0.0667. The molecule has 0 unspecified atom stereocenters. The Morgan fingerprint density at radius 1 is 1.11 bits per heavy atom. The van der Waals surface area contributed by atoms with E-state index < -0.39 is 5.91 Å². The highest BCUT2D eigenvalue weighted by molar-refractivity contribution is 5.92. The van der Waals surface area contributed by atoms with E-state index in [2.05, 4.69) is 6.07 Å². The van der Waals surface area contributed by atoms with Crippen LogP contribution in [0.1, 0.15) is 27.0 Å². The molecule has 0 fully saturated rings. The van der Waals surface area contributed by atoms with Crippen LogP contribution in [-0.2, 0) is 6.42 Å². The quantitative estimate of drug-likeness (QED) is 0.888. The van der Waals surface area contributed by atoms with E-state index in [-0.39, 0.29) is 0 Å². The van der Waals surface area contributed by atoms with Gasteiger partial charge in [-0.3, -0.25) is 4.79 Å². The predicted molar refractivity (Wildman–Crippen MR) is 68.9 cm³/mol. The van der Waals surface area contributed by atoms with Gasteiger partial charge in [-0.1, -0.05) is 24.3 Å². The zero-order valence-electron chi connectivity index (χ0n) is 9.76. The summed E-state index contributed by atoms with van der Waals surface area (Å²) < 4.78 is 0. The Hall–Kier alpha value is -2.60. The van der Waals surface area contributed by atoms with Crippen LogP contribution in [0.25, 0.3) is 0 Å². The molecule has 88 valence electrons. The summed E-state index contributed by atoms with van der Waals surface area (Å²) in [6.07, 6.45) is 0.677. The van der Waals surface area contributed by atoms with Crippen molar-refractivity contribution < 1.29 is 4.79 Å². The van der Waals surface area contributed by atoms with E-state index in [0.29, 0.717) is 17.5 Å². The maximum atomic E-state index is 11.1. The lowest BCUT2D eigenvalue weighted by molar-refractivity contribution is 0.1000. The van der Waals surface area contributed by atoms with Crippen LogP contribution in [0.3, 0.4) is 0 Å². The van der Waals surface area contributed by atoms with Gasteiger partial charge in [-0.05, 0) is 41.8 Å². The number of carbonyl (C=O) groups excluding carboxylic acids is 1. The van der Waals surface area contributed by atoms with E-state index in [1.165, 1.54) is 0 Å². The maximum Gasteiger partial charge on any atom is 0.248 e. The number of nitrogens with zero attached hydrogens (tertiary/aromatic N) is 1. The zero-order chi connectivity index (χ0) is 13.0. The van der Waals surface area contributed by atoms with Crippen LogP contribution in [0.15, 0.2) is 48.5 Å². The Labute approximate surface area is 105 Å². The molecule has 1 amide bonds. The summed E-state index contributed by atoms with van der Waals surface area (Å²) >= 11 is 0. The molecule has 0 aliphatic rings. The van der Waals surface area contributed by atoms with Crippen LogP contribution in [0.2, 0.25) is 0 Å². The van der Waals surface area contributed by atoms with Crippen molar-refractivity contribution in [3.63, 3.8) is 0 Å². The molecule has 0 saturated heterocycles. The maximum absolute atomic E-state index is 11.1. The largest absolute Gasteiger partial charge is 0.366 e. The lowest BCUT2D eigenvalue weighted by Gasteiger charge is -2.04. The van der Waals surface area contributed by atoms with Gasteiger partial charge in [0.05, 0.1) is 11.6 Å². The number of hydrogen-bond donors (Lipinski definition) is 1. The molecule has 0 aromatic heterocycles. The van der Waals surface area contributed by atoms with Crippen molar-refractivity contribution in [3.05, 3.63) is 70.8 Å². The van der Waals surface area contributed by atoms with Crippen molar-refractivity contribution in [3.8, 4) is 6.07 Å². The minimum absolute atomic E-state index is 0.428. The second kappa shape index (κ2) is 5.15. The smallest absolute Gasteiger partial charge is 0.248 e. The van der Waals surface area contributed by atoms with Gasteiger partial charge in [-0.25, -0.2) is 0 Å². The Morgan fingerprint density at radius 3 is 2.44 bits per heavy atom. The Balaban J connectivity index is 2.26. The van der Waals surface area contributed by atoms with E-state index in [0.717, 1.165) is 11.1 Å². The van der Waals surface area contributed by atoms with Gasteiger partial charge in [0.1, 0.15) is 0 Å². The van der Waals surface area contributed by atoms with Gasteiger partial charge in [0.25, 0.3) is 0 Å². The van der Waals surface area contributed by atoms with Crippen molar-refractivity contribution in [1.82, 2.24) is 0 Å². The summed E-state index contributed by atoms with van der Waals surface area (Å²) in [5, 5.41) is 8.83. The second-order valence-electron chi connectivity index (χ2n) is 4.05. The Morgan fingerprint density at radius 2 is 1.78 bits per heavy atom. The minimum Gasteiger partial charge on any atom is -0.366 e. The molecule has 2 N–H and O–H groups in total. The predicted octanol–water partition coefficient (Wildman–Crippen LogP) is 2.25. The zero-order valence-corrected chi connectivity index (χ0v) is 9.76. The first kappa shape index (κ1) is 11.9. The van der Waals surface area contributed by atoms with Crippen LogP contribution >= 0.6 is 0 Å². The number of nitriles is 1. The monoisotopic (exact) mass is 236 g/mol. The van der Waals surface area contributed by atoms with Gasteiger partial charge in [0.2, 0.25) is 5.91 Å². The molecule has 2 aromatic carbocycles. The highest BCUT2D eigenvalue weighted by Crippen LogP contribution is 2.12. The summed E-state index contributed by atoms with van der Waals surface area (Å²) in [7, 11) is 0. The Bertz CT molecular complexity index is 626. The summed E-state index contributed by atoms with van der Waals surface area (Å²) in [6, 6.07) is 16.7. The molecule has 0 aliphatic carbocycles. The highest BCUT2D eigenvalue weighted by atomic mass is 16.1. The van der Waals surface area contributed by atoms with Crippen LogP contribution in [0.5, 0.6) is 0 Å². The van der Waals surface area contributed by atoms with Crippen molar-refractivity contribution in [2.75, 3.05) is 0 Å². The third-order valence-corrected chi connectivity index (χ3v) is 2.68. The van der Waals surface area contributed by atoms with E-state index in [4.69, 9.17) is 11.0 Å². The molecule has 0 heterocycles. The topological polar surface area (TPSA) is 66.9 Å². The molecule has 2 aromatic rings. The third-order valence-electron chi connectivity index (χ3n) is 2.68. The van der Waals surface area contributed by atoms with Crippen LogP contribution in [0, 0.1) is 11.3 Å². The fourth-order valence-electron chi connectivity index (χ4n) is 1.82. The van der Waals surface area contributed by atoms with E-state index in [9.17, 15) is 4.79 Å². The number of amides is 1. The second-order valence-corrected chi connectivity index (χ2v) is 4.05. The number of primary amides is 1. The molecular weight excluding hydrogens is 224 g/mol. The summed E-state index contributed by atoms with van der Waals surface area (Å²) in [6.45, 7) is 0. The average molecular weight is 236 g/mol. The van der Waals surface area contributed by atoms with Crippen molar-refractivity contribution in [2.45, 2.75) is 6.42 Å². The van der Waals surface area contributed by atoms with Gasteiger partial charge in [0.15, 0.2) is 0 Å². The molecule has 0 aliphatic heterocycles. The summed E-state index contributed by atoms with van der Waals surface area (Å²) in [4.78, 5) is 11.1. The van der Waals surface area contributed by atoms with Gasteiger partial charge in [-0.15, -0.1) is 0 Å². The molecule has 18 heavy (non-hydrogen) atoms. The average Bonchev–Trinajstić information content (AvgIpc) is 2.39. The third kappa shape index (κ3) is 2.74. The first-order valence-electron chi connectivity index (χ1n) is 5.57. The number of hydrogen-bond acceptors (Lipinski definition) is 2. The number of nitrogens with two attached hydrogens (primary N) is 1. The molecular formula is C15H12N2O. The highest BCUT2D eigenvalue weighted by Gasteiger charge is 2.02. The standard InChI is InChI=1S/C15H12N2O/c16-10-13-5-1-3-11(8-13)7-12-4-2-6-14(9-12)15(17)18/h1-6,8-9H,7H2,(H2,17,18). The van der Waals surface area contributed by atoms with Crippen molar-refractivity contribution in [2.24, 2.45) is 5.73 Å². The molecule has 3 heteroatoms. The van der Waals surface area contributed by atoms with Crippen molar-refractivity contribution >= 4 is 5.91 Å². The first-order chi connectivity index (χ1) is 8.69. The van der Waals surface area contributed by atoms with E-state index in [1.54, 1.807) is 18.2 Å². The van der Waals surface area contributed by atoms with Crippen LogP contribution in [0.4, 0.5) is 0 Å². The first-order valence-corrected chi connectivity index (χ1v) is 5.57. The summed E-state index contributed by atoms with van der Waals surface area (Å²) in [5.41, 5.74) is 8.42. The summed E-state index contributed by atoms with van der Waals surface area (Å²) in [5.74, 6) is -0.428. The molecule has 2 rings (SSSR count). The fourth-order valence-corrected chi connectivity index (χ4v) is 1.82. The number of rotatable bonds is 3. The SMILES string of the molecule is N#Cc1cccc(Cc2cccc(C(N)=O)c2)c1. The Kier molecular flexibility index (Phi) is 3.40. The number of benzene rings is 2. The van der Waals surface area contributed by atoms with Gasteiger partial charge in [-0.2, -0.15) is 5.26 Å². The van der Waals surface area contributed by atoms with Gasteiger partial charge < -0.3 is 5.73 Å². The van der Waals surface area contributed by atoms with Crippen LogP contribution < -0.4 is 5.73 Å². The minimum atomic E-state index is -0.428. The van der Waals surface area contributed by atoms with E-state index in [1.807, 2.05) is 30.3 Å². The molecule has 0 bridgehead atoms. The van der Waals surface area contributed by atoms with E-state index >= 15 is 0 Å². The van der Waals surface area contributed by atoms with Gasteiger partial charge in [0, 0.05) is 5.56 Å². The van der Waals surface area contributed by atoms with Crippen LogP contribution in [-0.4, -0.2) is 5.91 Å². The lowest BCUT2D eigenvalue weighted by atomic mass is 10.0. The molecule has 0 radical (unpaired) electrons. The number of carbonyl (C=O) groups is 1. The molecule has 0 saturated carbocycles. The van der Waals surface area contributed by atoms with Gasteiger partial charge >= 0.3 is 0 Å². The molecule has 3 nitrogen and oxygen atoms in total.